The SMILES string of the molecule is C=Cc1c[nH]c2cccc(F)c12. The van der Waals surface area contributed by atoms with Gasteiger partial charge in [0.1, 0.15) is 5.82 Å². The van der Waals surface area contributed by atoms with E-state index in [2.05, 4.69) is 11.6 Å². The second kappa shape index (κ2) is 2.48. The van der Waals surface area contributed by atoms with E-state index < -0.39 is 0 Å². The van der Waals surface area contributed by atoms with E-state index in [0.717, 1.165) is 11.1 Å². The number of nitrogens with one attached hydrogen (secondary N) is 1. The Morgan fingerprint density at radius 3 is 3.00 bits per heavy atom. The van der Waals surface area contributed by atoms with E-state index in [1.54, 1.807) is 18.3 Å². The van der Waals surface area contributed by atoms with Crippen LogP contribution in [0.2, 0.25) is 0 Å². The van der Waals surface area contributed by atoms with E-state index in [4.69, 9.17) is 0 Å². The minimum absolute atomic E-state index is 0.205. The summed E-state index contributed by atoms with van der Waals surface area (Å²) in [7, 11) is 0. The second-order valence-corrected chi connectivity index (χ2v) is 2.61. The highest BCUT2D eigenvalue weighted by Gasteiger charge is 2.04. The molecule has 0 unspecified atom stereocenters. The first-order chi connectivity index (χ1) is 5.83. The number of rotatable bonds is 1. The van der Waals surface area contributed by atoms with Crippen LogP contribution in [-0.4, -0.2) is 4.98 Å². The van der Waals surface area contributed by atoms with E-state index in [-0.39, 0.29) is 5.82 Å². The fourth-order valence-electron chi connectivity index (χ4n) is 1.33. The number of hydrogen-bond acceptors (Lipinski definition) is 0. The van der Waals surface area contributed by atoms with Gasteiger partial charge in [-0.05, 0) is 12.1 Å². The number of halogens is 1. The van der Waals surface area contributed by atoms with Gasteiger partial charge in [-0.25, -0.2) is 4.39 Å². The molecule has 0 saturated heterocycles. The zero-order valence-corrected chi connectivity index (χ0v) is 6.47. The molecule has 0 aliphatic heterocycles. The maximum Gasteiger partial charge on any atom is 0.133 e. The highest BCUT2D eigenvalue weighted by Crippen LogP contribution is 2.21. The molecule has 0 spiro atoms. The third-order valence-electron chi connectivity index (χ3n) is 1.91. The zero-order valence-electron chi connectivity index (χ0n) is 6.47. The molecule has 0 aliphatic carbocycles. The highest BCUT2D eigenvalue weighted by molar-refractivity contribution is 5.88. The van der Waals surface area contributed by atoms with Crippen molar-refractivity contribution >= 4 is 17.0 Å². The molecular weight excluding hydrogens is 153 g/mol. The lowest BCUT2D eigenvalue weighted by Crippen LogP contribution is -1.75. The van der Waals surface area contributed by atoms with Gasteiger partial charge in [0.15, 0.2) is 0 Å². The molecule has 0 aliphatic rings. The number of aromatic amines is 1. The third-order valence-corrected chi connectivity index (χ3v) is 1.91. The summed E-state index contributed by atoms with van der Waals surface area (Å²) in [5.41, 5.74) is 1.62. The first-order valence-corrected chi connectivity index (χ1v) is 3.71. The van der Waals surface area contributed by atoms with Gasteiger partial charge in [-0.1, -0.05) is 18.7 Å². The number of benzene rings is 1. The van der Waals surface area contributed by atoms with E-state index >= 15 is 0 Å². The van der Waals surface area contributed by atoms with Crippen LogP contribution in [0.1, 0.15) is 5.56 Å². The standard InChI is InChI=1S/C10H8FN/c1-2-7-6-12-9-5-3-4-8(11)10(7)9/h2-6,12H,1H2. The van der Waals surface area contributed by atoms with Gasteiger partial charge in [0, 0.05) is 22.7 Å². The Kier molecular flexibility index (Phi) is 1.47. The first kappa shape index (κ1) is 7.10. The Hall–Kier alpha value is -1.57. The van der Waals surface area contributed by atoms with Crippen LogP contribution in [-0.2, 0) is 0 Å². The fourth-order valence-corrected chi connectivity index (χ4v) is 1.33. The molecule has 1 nitrogen and oxygen atoms in total. The van der Waals surface area contributed by atoms with E-state index in [1.807, 2.05) is 6.07 Å². The van der Waals surface area contributed by atoms with Crippen LogP contribution in [0.25, 0.3) is 17.0 Å². The van der Waals surface area contributed by atoms with Gasteiger partial charge < -0.3 is 4.98 Å². The van der Waals surface area contributed by atoms with Crippen LogP contribution in [0.15, 0.2) is 31.0 Å². The molecule has 0 amide bonds. The van der Waals surface area contributed by atoms with Crippen LogP contribution in [0.5, 0.6) is 0 Å². The molecule has 1 heterocycles. The van der Waals surface area contributed by atoms with E-state index in [9.17, 15) is 4.39 Å². The normalized spacial score (nSPS) is 10.4. The van der Waals surface area contributed by atoms with Crippen molar-refractivity contribution in [3.05, 3.63) is 42.4 Å². The molecule has 12 heavy (non-hydrogen) atoms. The maximum atomic E-state index is 13.2. The summed E-state index contributed by atoms with van der Waals surface area (Å²) < 4.78 is 13.2. The quantitative estimate of drug-likeness (QED) is 0.661. The summed E-state index contributed by atoms with van der Waals surface area (Å²) in [5, 5.41) is 0.618. The van der Waals surface area contributed by atoms with E-state index in [0.29, 0.717) is 5.39 Å². The van der Waals surface area contributed by atoms with Crippen LogP contribution < -0.4 is 0 Å². The molecule has 0 atom stereocenters. The topological polar surface area (TPSA) is 15.8 Å². The molecule has 1 aromatic heterocycles. The number of hydrogen-bond donors (Lipinski definition) is 1. The molecule has 2 heteroatoms. The van der Waals surface area contributed by atoms with Gasteiger partial charge in [0.25, 0.3) is 0 Å². The van der Waals surface area contributed by atoms with Gasteiger partial charge in [-0.15, -0.1) is 0 Å². The average Bonchev–Trinajstić information content (AvgIpc) is 2.49. The van der Waals surface area contributed by atoms with Crippen LogP contribution in [0.4, 0.5) is 4.39 Å². The molecule has 0 saturated carbocycles. The van der Waals surface area contributed by atoms with Gasteiger partial charge in [0.05, 0.1) is 0 Å². The monoisotopic (exact) mass is 161 g/mol. The van der Waals surface area contributed by atoms with Crippen LogP contribution in [0.3, 0.4) is 0 Å². The van der Waals surface area contributed by atoms with Crippen molar-refractivity contribution in [2.45, 2.75) is 0 Å². The summed E-state index contributed by atoms with van der Waals surface area (Å²) >= 11 is 0. The average molecular weight is 161 g/mol. The number of H-pyrrole nitrogens is 1. The fraction of sp³-hybridized carbons (Fsp3) is 0. The minimum Gasteiger partial charge on any atom is -0.360 e. The lowest BCUT2D eigenvalue weighted by Gasteiger charge is -1.92. The van der Waals surface area contributed by atoms with Crippen molar-refractivity contribution in [3.63, 3.8) is 0 Å². The van der Waals surface area contributed by atoms with Crippen LogP contribution >= 0.6 is 0 Å². The number of fused-ring (bicyclic) bond motifs is 1. The highest BCUT2D eigenvalue weighted by atomic mass is 19.1. The van der Waals surface area contributed by atoms with Crippen molar-refractivity contribution in [1.82, 2.24) is 4.98 Å². The number of aromatic nitrogens is 1. The molecule has 0 fully saturated rings. The van der Waals surface area contributed by atoms with Crippen LogP contribution in [0, 0.1) is 5.82 Å². The van der Waals surface area contributed by atoms with Gasteiger partial charge >= 0.3 is 0 Å². The molecule has 1 aromatic carbocycles. The third kappa shape index (κ3) is 0.848. The zero-order chi connectivity index (χ0) is 8.55. The Labute approximate surface area is 69.5 Å². The Balaban J connectivity index is 2.91. The minimum atomic E-state index is -0.205. The predicted molar refractivity (Wildman–Crippen MR) is 48.3 cm³/mol. The Morgan fingerprint density at radius 1 is 1.42 bits per heavy atom. The summed E-state index contributed by atoms with van der Waals surface area (Å²) in [6.45, 7) is 3.61. The first-order valence-electron chi connectivity index (χ1n) is 3.71. The van der Waals surface area contributed by atoms with Gasteiger partial charge in [-0.3, -0.25) is 0 Å². The van der Waals surface area contributed by atoms with E-state index in [1.165, 1.54) is 6.07 Å². The summed E-state index contributed by atoms with van der Waals surface area (Å²) in [4.78, 5) is 2.97. The van der Waals surface area contributed by atoms with Crippen molar-refractivity contribution in [1.29, 1.82) is 0 Å². The molecule has 0 radical (unpaired) electrons. The molecule has 1 N–H and O–H groups in total. The smallest absolute Gasteiger partial charge is 0.133 e. The molecule has 60 valence electrons. The lowest BCUT2D eigenvalue weighted by molar-refractivity contribution is 0.640. The Morgan fingerprint density at radius 2 is 2.25 bits per heavy atom. The van der Waals surface area contributed by atoms with Crippen molar-refractivity contribution in [2.75, 3.05) is 0 Å². The predicted octanol–water partition coefficient (Wildman–Crippen LogP) is 2.95. The lowest BCUT2D eigenvalue weighted by atomic mass is 10.1. The van der Waals surface area contributed by atoms with Crippen molar-refractivity contribution in [2.24, 2.45) is 0 Å². The maximum absolute atomic E-state index is 13.2. The van der Waals surface area contributed by atoms with Gasteiger partial charge in [0.2, 0.25) is 0 Å². The molecule has 2 aromatic rings. The van der Waals surface area contributed by atoms with Crippen molar-refractivity contribution < 1.29 is 4.39 Å². The molecule has 2 rings (SSSR count). The molecule has 0 bridgehead atoms. The molecular formula is C10H8FN. The summed E-state index contributed by atoms with van der Waals surface area (Å²) in [6.07, 6.45) is 3.39. The summed E-state index contributed by atoms with van der Waals surface area (Å²) in [5.74, 6) is -0.205. The van der Waals surface area contributed by atoms with Crippen molar-refractivity contribution in [3.8, 4) is 0 Å². The summed E-state index contributed by atoms with van der Waals surface area (Å²) in [6, 6.07) is 4.97. The second-order valence-electron chi connectivity index (χ2n) is 2.61. The largest absolute Gasteiger partial charge is 0.360 e. The van der Waals surface area contributed by atoms with Gasteiger partial charge in [-0.2, -0.15) is 0 Å². The Bertz CT molecular complexity index is 428.